The fraction of sp³-hybridized carbons (Fsp3) is 1.00. The topological polar surface area (TPSA) is 345 Å². The average Bonchev–Trinajstić information content (AvgIpc) is 1.96. The van der Waals surface area contributed by atoms with E-state index in [1.807, 2.05) is 0 Å². The third-order valence-electron chi connectivity index (χ3n) is 1.11. The Balaban J connectivity index is -0.0000000960. The van der Waals surface area contributed by atoms with Crippen LogP contribution in [0.2, 0.25) is 0 Å². The van der Waals surface area contributed by atoms with Crippen LogP contribution in [0.5, 0.6) is 0 Å². The molecule has 0 aromatic heterocycles. The van der Waals surface area contributed by atoms with Crippen molar-refractivity contribution < 1.29 is 117 Å². The number of rotatable bonds is 6. The second-order valence-electron chi connectivity index (χ2n) is 4.41. The van der Waals surface area contributed by atoms with Gasteiger partial charge in [0.1, 0.15) is 0 Å². The van der Waals surface area contributed by atoms with Gasteiger partial charge in [0, 0.05) is 0 Å². The number of hydrogen-bond acceptors (Lipinski definition) is 6. The molecule has 0 spiro atoms. The summed E-state index contributed by atoms with van der Waals surface area (Å²) in [7, 11) is -27.3. The van der Waals surface area contributed by atoms with Crippen molar-refractivity contribution in [3.05, 3.63) is 0 Å². The molecule has 0 saturated heterocycles. The molecular formula is C3H19NaO18P6. The maximum Gasteiger partial charge on any atom is 1.00 e. The van der Waals surface area contributed by atoms with E-state index in [0.717, 1.165) is 0 Å². The van der Waals surface area contributed by atoms with Crippen molar-refractivity contribution in [3.8, 4) is 0 Å². The first-order valence-electron chi connectivity index (χ1n) is 5.39. The molecule has 18 nitrogen and oxygen atoms in total. The third kappa shape index (κ3) is 51.0. The van der Waals surface area contributed by atoms with Gasteiger partial charge in [0.25, 0.3) is 0 Å². The van der Waals surface area contributed by atoms with Crippen molar-refractivity contribution in [3.63, 3.8) is 0 Å². The first kappa shape index (κ1) is 37.2. The van der Waals surface area contributed by atoms with Gasteiger partial charge in [-0.1, -0.05) is 0 Å². The van der Waals surface area contributed by atoms with Crippen LogP contribution >= 0.6 is 45.6 Å². The summed E-state index contributed by atoms with van der Waals surface area (Å²) in [6.07, 6.45) is 0. The van der Waals surface area contributed by atoms with Gasteiger partial charge in [0.15, 0.2) is 17.7 Å². The molecule has 0 radical (unpaired) electrons. The molecule has 0 aromatic carbocycles. The Morgan fingerprint density at radius 2 is 0.429 bits per heavy atom. The molecule has 0 aliphatic carbocycles. The van der Waals surface area contributed by atoms with Gasteiger partial charge in [-0.15, -0.1) is 0 Å². The minimum absolute atomic E-state index is 0. The van der Waals surface area contributed by atoms with Crippen LogP contribution in [-0.2, 0) is 27.4 Å². The Hall–Kier alpha value is 1.90. The predicted molar refractivity (Wildman–Crippen MR) is 88.0 cm³/mol. The quantitative estimate of drug-likeness (QED) is 0.108. The second kappa shape index (κ2) is 13.4. The smallest absolute Gasteiger partial charge is 1.00 e. The average molecular weight is 552 g/mol. The summed E-state index contributed by atoms with van der Waals surface area (Å²) in [5, 5.41) is 0. The van der Waals surface area contributed by atoms with E-state index in [2.05, 4.69) is 0 Å². The van der Waals surface area contributed by atoms with Gasteiger partial charge < -0.3 is 60.1 Å². The molecule has 0 saturated carbocycles. The van der Waals surface area contributed by atoms with E-state index in [0.29, 0.717) is 0 Å². The third-order valence-corrected chi connectivity index (χ3v) is 9.95. The molecular weight excluding hydrogens is 533 g/mol. The Bertz CT molecular complexity index is 567. The van der Waals surface area contributed by atoms with E-state index in [-0.39, 0.29) is 31.0 Å². The van der Waals surface area contributed by atoms with Crippen LogP contribution in [0.4, 0.5) is 0 Å². The molecule has 0 bridgehead atoms. The molecule has 170 valence electrons. The summed E-state index contributed by atoms with van der Waals surface area (Å²) in [6.45, 7) is 0. The van der Waals surface area contributed by atoms with E-state index in [9.17, 15) is 27.4 Å². The zero-order valence-corrected chi connectivity index (χ0v) is 21.0. The van der Waals surface area contributed by atoms with Crippen LogP contribution in [0.1, 0.15) is 1.43 Å². The predicted octanol–water partition coefficient (Wildman–Crippen LogP) is -4.99. The molecule has 0 unspecified atom stereocenters. The molecule has 0 heterocycles. The fourth-order valence-electron chi connectivity index (χ4n) is 0.720. The van der Waals surface area contributed by atoms with Crippen LogP contribution in [0.3, 0.4) is 0 Å². The molecule has 0 fully saturated rings. The summed E-state index contributed by atoms with van der Waals surface area (Å²) in [4.78, 5) is 95.7. The van der Waals surface area contributed by atoms with Gasteiger partial charge in [-0.2, -0.15) is 0 Å². The van der Waals surface area contributed by atoms with Gasteiger partial charge in [-0.25, -0.2) is 0 Å². The Morgan fingerprint density at radius 3 is 0.429 bits per heavy atom. The number of hydrogen-bond donors (Lipinski definition) is 12. The fourth-order valence-corrected chi connectivity index (χ4v) is 6.48. The van der Waals surface area contributed by atoms with Gasteiger partial charge in [0.05, 0.1) is 0 Å². The van der Waals surface area contributed by atoms with E-state index in [4.69, 9.17) is 58.7 Å². The largest absolute Gasteiger partial charge is 1.00 e. The van der Waals surface area contributed by atoms with Crippen LogP contribution in [-0.4, -0.2) is 76.4 Å². The minimum Gasteiger partial charge on any atom is -1.00 e. The molecule has 0 aromatic rings. The first-order chi connectivity index (χ1) is 11.1. The van der Waals surface area contributed by atoms with Crippen molar-refractivity contribution >= 4 is 45.6 Å². The van der Waals surface area contributed by atoms with Crippen molar-refractivity contribution in [2.45, 2.75) is 0 Å². The maximum absolute atomic E-state index is 9.85. The normalized spacial score (nSPS) is 13.3. The van der Waals surface area contributed by atoms with Crippen molar-refractivity contribution in [2.24, 2.45) is 0 Å². The Labute approximate surface area is 180 Å². The zero-order valence-electron chi connectivity index (χ0n) is 14.6. The van der Waals surface area contributed by atoms with Gasteiger partial charge in [-0.05, 0) is 0 Å². The van der Waals surface area contributed by atoms with Crippen LogP contribution in [0.25, 0.3) is 0 Å². The van der Waals surface area contributed by atoms with E-state index < -0.39 is 63.3 Å². The molecule has 0 atom stereocenters. The minimum atomic E-state index is -4.55. The zero-order chi connectivity index (χ0) is 23.1. The van der Waals surface area contributed by atoms with Crippen LogP contribution in [0, 0.1) is 0 Å². The van der Waals surface area contributed by atoms with E-state index >= 15 is 0 Å². The monoisotopic (exact) mass is 552 g/mol. The molecule has 0 rings (SSSR count). The summed E-state index contributed by atoms with van der Waals surface area (Å²) in [5.74, 6) is -4.12. The van der Waals surface area contributed by atoms with Gasteiger partial charge in [0.2, 0.25) is 0 Å². The Morgan fingerprint density at radius 1 is 0.357 bits per heavy atom. The molecule has 12 N–H and O–H groups in total. The van der Waals surface area contributed by atoms with E-state index in [1.54, 1.807) is 0 Å². The van der Waals surface area contributed by atoms with Crippen LogP contribution in [0.15, 0.2) is 0 Å². The second-order valence-corrected chi connectivity index (χ2v) is 15.8. The van der Waals surface area contributed by atoms with Crippen molar-refractivity contribution in [2.75, 3.05) is 17.7 Å². The Kier molecular flexibility index (Phi) is 17.9. The van der Waals surface area contributed by atoms with Crippen molar-refractivity contribution in [1.82, 2.24) is 0 Å². The molecule has 28 heavy (non-hydrogen) atoms. The summed E-state index contributed by atoms with van der Waals surface area (Å²) < 4.78 is 59.1. The van der Waals surface area contributed by atoms with Gasteiger partial charge in [-0.3, -0.25) is 27.4 Å². The summed E-state index contributed by atoms with van der Waals surface area (Å²) in [6, 6.07) is 0. The molecule has 0 amide bonds. The maximum atomic E-state index is 9.85. The van der Waals surface area contributed by atoms with E-state index in [1.165, 1.54) is 0 Å². The molecule has 0 aliphatic rings. The molecule has 0 aliphatic heterocycles. The summed E-state index contributed by atoms with van der Waals surface area (Å²) in [5.41, 5.74) is 0. The first-order valence-corrected chi connectivity index (χ1v) is 16.2. The molecule has 25 heteroatoms. The SMILES string of the molecule is O=P(O)(O)CP(=O)(O)O.O=P(O)(O)CP(=O)(O)O.O=P(O)(O)CP(=O)(O)O.[H-].[Na+]. The summed E-state index contributed by atoms with van der Waals surface area (Å²) >= 11 is 0. The van der Waals surface area contributed by atoms with Crippen LogP contribution < -0.4 is 29.6 Å². The van der Waals surface area contributed by atoms with Gasteiger partial charge >= 0.3 is 75.1 Å². The van der Waals surface area contributed by atoms with Crippen molar-refractivity contribution in [1.29, 1.82) is 0 Å². The standard InChI is InChI=1S/3CH6O6P2.Na.H/c3*2-8(3,4)1-9(5,6)7;;/h3*1H2,(H2,2,3,4)(H2,5,6,7);;/q;;;+1;-1.